The van der Waals surface area contributed by atoms with Crippen molar-refractivity contribution in [2.45, 2.75) is 30.2 Å². The second-order valence-corrected chi connectivity index (χ2v) is 10.8. The van der Waals surface area contributed by atoms with Crippen molar-refractivity contribution in [3.8, 4) is 0 Å². The van der Waals surface area contributed by atoms with Crippen molar-refractivity contribution in [2.75, 3.05) is 30.3 Å². The number of piperazine rings is 1. The summed E-state index contributed by atoms with van der Waals surface area (Å²) >= 11 is 1.21. The number of aromatic amines is 1. The Balaban J connectivity index is 1.39. The molecule has 1 aliphatic carbocycles. The van der Waals surface area contributed by atoms with E-state index in [9.17, 15) is 13.2 Å². The monoisotopic (exact) mass is 431 g/mol. The number of sulfone groups is 1. The molecule has 3 aromatic rings. The van der Waals surface area contributed by atoms with E-state index in [1.807, 2.05) is 17.2 Å². The minimum Gasteiger partial charge on any atom is -0.352 e. The van der Waals surface area contributed by atoms with Crippen LogP contribution in [-0.2, 0) is 9.84 Å². The number of nitrogens with one attached hydrogen (secondary N) is 1. The summed E-state index contributed by atoms with van der Waals surface area (Å²) < 4.78 is 24.2. The second-order valence-electron chi connectivity index (χ2n) is 7.59. The molecule has 4 heterocycles. The summed E-state index contributed by atoms with van der Waals surface area (Å²) in [5.74, 6) is 0.855. The van der Waals surface area contributed by atoms with Crippen LogP contribution in [0.1, 0.15) is 29.4 Å². The molecule has 1 amide bonds. The molecule has 29 heavy (non-hydrogen) atoms. The van der Waals surface area contributed by atoms with Crippen LogP contribution in [0.3, 0.4) is 0 Å². The lowest BCUT2D eigenvalue weighted by Gasteiger charge is -2.42. The quantitative estimate of drug-likeness (QED) is 0.681. The van der Waals surface area contributed by atoms with Gasteiger partial charge >= 0.3 is 0 Å². The summed E-state index contributed by atoms with van der Waals surface area (Å²) in [6.45, 7) is 3.60. The third-order valence-corrected chi connectivity index (χ3v) is 8.66. The van der Waals surface area contributed by atoms with E-state index < -0.39 is 9.84 Å². The van der Waals surface area contributed by atoms with Gasteiger partial charge in [-0.15, -0.1) is 11.3 Å². The van der Waals surface area contributed by atoms with Crippen LogP contribution >= 0.6 is 11.3 Å². The summed E-state index contributed by atoms with van der Waals surface area (Å²) in [6.07, 6.45) is 5.31. The van der Waals surface area contributed by atoms with Crippen molar-refractivity contribution in [1.82, 2.24) is 19.9 Å². The van der Waals surface area contributed by atoms with Crippen LogP contribution < -0.4 is 4.90 Å². The van der Waals surface area contributed by atoms with Crippen LogP contribution in [0.15, 0.2) is 34.9 Å². The average molecular weight is 432 g/mol. The second kappa shape index (κ2) is 6.53. The van der Waals surface area contributed by atoms with Crippen molar-refractivity contribution in [1.29, 1.82) is 0 Å². The van der Waals surface area contributed by atoms with Crippen LogP contribution in [-0.4, -0.2) is 65.1 Å². The molecule has 0 unspecified atom stereocenters. The zero-order valence-electron chi connectivity index (χ0n) is 16.0. The Hall–Kier alpha value is -2.46. The average Bonchev–Trinajstić information content (AvgIpc) is 3.16. The van der Waals surface area contributed by atoms with E-state index in [1.165, 1.54) is 17.4 Å². The first kappa shape index (κ1) is 18.6. The number of anilines is 1. The van der Waals surface area contributed by atoms with E-state index in [0.29, 0.717) is 18.0 Å². The SMILES string of the molecule is CCS(=O)(=O)c1csc(C(=O)N2CCN(c3ncnc4[nH]ccc34)CC23CC3)c1. The van der Waals surface area contributed by atoms with Gasteiger partial charge in [-0.3, -0.25) is 4.79 Å². The Labute approximate surface area is 172 Å². The Bertz CT molecular complexity index is 1200. The number of hydrogen-bond acceptors (Lipinski definition) is 7. The first-order valence-electron chi connectivity index (χ1n) is 9.60. The number of fused-ring (bicyclic) bond motifs is 1. The number of aromatic nitrogens is 3. The molecule has 3 aromatic heterocycles. The zero-order chi connectivity index (χ0) is 20.2. The molecule has 1 saturated heterocycles. The molecule has 152 valence electrons. The lowest BCUT2D eigenvalue weighted by Crippen LogP contribution is -2.57. The first-order valence-corrected chi connectivity index (χ1v) is 12.1. The maximum Gasteiger partial charge on any atom is 0.264 e. The molecule has 0 radical (unpaired) electrons. The van der Waals surface area contributed by atoms with Gasteiger partial charge in [-0.1, -0.05) is 6.92 Å². The molecule has 1 saturated carbocycles. The Morgan fingerprint density at radius 1 is 1.31 bits per heavy atom. The molecular weight excluding hydrogens is 410 g/mol. The lowest BCUT2D eigenvalue weighted by atomic mass is 10.1. The topological polar surface area (TPSA) is 99.3 Å². The molecule has 1 spiro atoms. The first-order chi connectivity index (χ1) is 13.9. The lowest BCUT2D eigenvalue weighted by molar-refractivity contribution is 0.0629. The highest BCUT2D eigenvalue weighted by molar-refractivity contribution is 7.91. The van der Waals surface area contributed by atoms with Crippen molar-refractivity contribution in [3.63, 3.8) is 0 Å². The molecule has 5 rings (SSSR count). The Kier molecular flexibility index (Phi) is 4.18. The van der Waals surface area contributed by atoms with Gasteiger partial charge < -0.3 is 14.8 Å². The minimum absolute atomic E-state index is 0.0343. The van der Waals surface area contributed by atoms with Crippen molar-refractivity contribution < 1.29 is 13.2 Å². The molecule has 0 atom stereocenters. The van der Waals surface area contributed by atoms with Crippen LogP contribution in [0.5, 0.6) is 0 Å². The van der Waals surface area contributed by atoms with Gasteiger partial charge in [-0.25, -0.2) is 18.4 Å². The maximum absolute atomic E-state index is 13.2. The number of carbonyl (C=O) groups excluding carboxylic acids is 1. The van der Waals surface area contributed by atoms with Crippen molar-refractivity contribution in [3.05, 3.63) is 34.9 Å². The summed E-state index contributed by atoms with van der Waals surface area (Å²) in [6, 6.07) is 3.51. The van der Waals surface area contributed by atoms with Crippen molar-refractivity contribution in [2.24, 2.45) is 0 Å². The number of rotatable bonds is 4. The molecule has 10 heteroatoms. The van der Waals surface area contributed by atoms with E-state index >= 15 is 0 Å². The molecule has 1 N–H and O–H groups in total. The van der Waals surface area contributed by atoms with Crippen LogP contribution in [0.2, 0.25) is 0 Å². The number of amides is 1. The minimum atomic E-state index is -3.30. The molecule has 8 nitrogen and oxygen atoms in total. The van der Waals surface area contributed by atoms with Gasteiger partial charge in [0, 0.05) is 31.2 Å². The summed E-state index contributed by atoms with van der Waals surface area (Å²) in [5, 5.41) is 2.56. The fraction of sp³-hybridized carbons (Fsp3) is 0.421. The molecule has 2 aliphatic rings. The van der Waals surface area contributed by atoms with Gasteiger partial charge in [-0.2, -0.15) is 0 Å². The van der Waals surface area contributed by atoms with Gasteiger partial charge in [0.2, 0.25) is 0 Å². The predicted octanol–water partition coefficient (Wildman–Crippen LogP) is 2.31. The van der Waals surface area contributed by atoms with Gasteiger partial charge in [-0.05, 0) is 25.0 Å². The smallest absolute Gasteiger partial charge is 0.264 e. The van der Waals surface area contributed by atoms with E-state index in [-0.39, 0.29) is 22.1 Å². The summed E-state index contributed by atoms with van der Waals surface area (Å²) in [7, 11) is -3.30. The van der Waals surface area contributed by atoms with Crippen LogP contribution in [0.4, 0.5) is 5.82 Å². The molecular formula is C19H21N5O3S2. The zero-order valence-corrected chi connectivity index (χ0v) is 17.6. The van der Waals surface area contributed by atoms with Crippen LogP contribution in [0.25, 0.3) is 11.0 Å². The third-order valence-electron chi connectivity index (χ3n) is 5.88. The number of H-pyrrole nitrogens is 1. The number of thiophene rings is 1. The molecule has 0 bridgehead atoms. The Morgan fingerprint density at radius 2 is 2.14 bits per heavy atom. The highest BCUT2D eigenvalue weighted by atomic mass is 32.2. The number of carbonyl (C=O) groups is 1. The third kappa shape index (κ3) is 3.01. The van der Waals surface area contributed by atoms with E-state index in [4.69, 9.17) is 0 Å². The highest BCUT2D eigenvalue weighted by Crippen LogP contribution is 2.46. The Morgan fingerprint density at radius 3 is 2.90 bits per heavy atom. The van der Waals surface area contributed by atoms with Gasteiger partial charge in [0.25, 0.3) is 5.91 Å². The number of nitrogens with zero attached hydrogens (tertiary/aromatic N) is 4. The van der Waals surface area contributed by atoms with E-state index in [1.54, 1.807) is 18.6 Å². The fourth-order valence-corrected chi connectivity index (χ4v) is 6.21. The van der Waals surface area contributed by atoms with Crippen molar-refractivity contribution >= 4 is 43.9 Å². The standard InChI is InChI=1S/C19H21N5O3S2/c1-2-29(26,27)13-9-15(28-10-13)18(25)24-8-7-23(11-19(24)4-5-19)17-14-3-6-20-16(14)21-12-22-17/h3,6,9-10,12H,2,4-5,7-8,11H2,1H3,(H,20,21,22). The molecule has 2 fully saturated rings. The van der Waals surface area contributed by atoms with Gasteiger partial charge in [0.1, 0.15) is 17.8 Å². The number of hydrogen-bond donors (Lipinski definition) is 1. The van der Waals surface area contributed by atoms with Gasteiger partial charge in [0.15, 0.2) is 9.84 Å². The normalized spacial score (nSPS) is 18.5. The fourth-order valence-electron chi connectivity index (χ4n) is 4.05. The van der Waals surface area contributed by atoms with Crippen LogP contribution in [0, 0.1) is 0 Å². The molecule has 1 aliphatic heterocycles. The summed E-state index contributed by atoms with van der Waals surface area (Å²) in [4.78, 5) is 30.0. The predicted molar refractivity (Wildman–Crippen MR) is 111 cm³/mol. The molecule has 0 aromatic carbocycles. The summed E-state index contributed by atoms with van der Waals surface area (Å²) in [5.41, 5.74) is 0.609. The maximum atomic E-state index is 13.2. The van der Waals surface area contributed by atoms with E-state index in [2.05, 4.69) is 19.9 Å². The largest absolute Gasteiger partial charge is 0.352 e. The van der Waals surface area contributed by atoms with Gasteiger partial charge in [0.05, 0.1) is 26.5 Å². The highest BCUT2D eigenvalue weighted by Gasteiger charge is 2.53. The van der Waals surface area contributed by atoms with E-state index in [0.717, 1.165) is 36.2 Å².